The van der Waals surface area contributed by atoms with E-state index in [0.29, 0.717) is 18.2 Å². The number of alkyl halides is 7. The van der Waals surface area contributed by atoms with Crippen molar-refractivity contribution in [3.63, 3.8) is 0 Å². The molecule has 1 nitrogen and oxygen atoms in total. The maximum atomic E-state index is 12.6. The molecule has 0 saturated heterocycles. The lowest BCUT2D eigenvalue weighted by Gasteiger charge is -2.19. The lowest BCUT2D eigenvalue weighted by Crippen LogP contribution is -2.19. The lowest BCUT2D eigenvalue weighted by atomic mass is 9.96. The highest BCUT2D eigenvalue weighted by molar-refractivity contribution is 5.85. The van der Waals surface area contributed by atoms with Gasteiger partial charge in [-0.05, 0) is 30.2 Å². The van der Waals surface area contributed by atoms with Crippen LogP contribution >= 0.6 is 12.4 Å². The van der Waals surface area contributed by atoms with Gasteiger partial charge in [0.15, 0.2) is 0 Å². The molecule has 116 valence electrons. The van der Waals surface area contributed by atoms with Crippen molar-refractivity contribution in [2.24, 2.45) is 5.73 Å². The second kappa shape index (κ2) is 6.62. The molecule has 0 aliphatic carbocycles. The Morgan fingerprint density at radius 2 is 1.55 bits per heavy atom. The van der Waals surface area contributed by atoms with Crippen LogP contribution in [0.15, 0.2) is 18.2 Å². The third-order valence-corrected chi connectivity index (χ3v) is 2.50. The van der Waals surface area contributed by atoms with Crippen LogP contribution in [-0.2, 0) is 12.4 Å². The molecule has 1 aromatic carbocycles. The van der Waals surface area contributed by atoms with Crippen molar-refractivity contribution >= 4 is 12.4 Å². The quantitative estimate of drug-likeness (QED) is 0.813. The van der Waals surface area contributed by atoms with Crippen LogP contribution in [0.1, 0.15) is 29.2 Å². The Labute approximate surface area is 116 Å². The normalized spacial score (nSPS) is 13.8. The number of rotatable bonds is 3. The fourth-order valence-corrected chi connectivity index (χ4v) is 1.58. The molecular formula is C11H11ClF7N. The number of nitrogens with two attached hydrogens (primary N) is 1. The summed E-state index contributed by atoms with van der Waals surface area (Å²) in [7, 11) is 0. The van der Waals surface area contributed by atoms with Gasteiger partial charge in [0.1, 0.15) is 0 Å². The third-order valence-electron chi connectivity index (χ3n) is 2.50. The van der Waals surface area contributed by atoms with E-state index < -0.39 is 48.2 Å². The van der Waals surface area contributed by atoms with E-state index in [1.54, 1.807) is 0 Å². The van der Waals surface area contributed by atoms with Crippen molar-refractivity contribution in [1.82, 2.24) is 0 Å². The van der Waals surface area contributed by atoms with E-state index in [1.165, 1.54) is 0 Å². The maximum absolute atomic E-state index is 12.6. The molecule has 0 unspecified atom stereocenters. The summed E-state index contributed by atoms with van der Waals surface area (Å²) in [5.41, 5.74) is 2.04. The Morgan fingerprint density at radius 1 is 1.00 bits per heavy atom. The van der Waals surface area contributed by atoms with Gasteiger partial charge in [-0.2, -0.15) is 26.3 Å². The minimum absolute atomic E-state index is 0. The second-order valence-electron chi connectivity index (χ2n) is 3.88. The molecule has 0 fully saturated rings. The summed E-state index contributed by atoms with van der Waals surface area (Å²) < 4.78 is 87.4. The van der Waals surface area contributed by atoms with Crippen molar-refractivity contribution in [2.75, 3.05) is 6.67 Å². The van der Waals surface area contributed by atoms with Gasteiger partial charge in [-0.3, -0.25) is 4.39 Å². The molecule has 0 spiro atoms. The summed E-state index contributed by atoms with van der Waals surface area (Å²) in [5.74, 6) is 0. The average Bonchev–Trinajstić information content (AvgIpc) is 2.26. The van der Waals surface area contributed by atoms with E-state index in [-0.39, 0.29) is 12.4 Å². The zero-order valence-corrected chi connectivity index (χ0v) is 10.7. The Balaban J connectivity index is 0.00000361. The summed E-state index contributed by atoms with van der Waals surface area (Å²) in [5, 5.41) is 0. The Morgan fingerprint density at radius 3 is 1.95 bits per heavy atom. The smallest absolute Gasteiger partial charge is 0.324 e. The van der Waals surface area contributed by atoms with Crippen LogP contribution < -0.4 is 5.73 Å². The number of hydrogen-bond acceptors (Lipinski definition) is 1. The van der Waals surface area contributed by atoms with Gasteiger partial charge in [0.25, 0.3) is 0 Å². The van der Waals surface area contributed by atoms with Gasteiger partial charge in [-0.1, -0.05) is 0 Å². The minimum atomic E-state index is -4.84. The Hall–Kier alpha value is -1.02. The third kappa shape index (κ3) is 4.52. The van der Waals surface area contributed by atoms with Crippen LogP contribution in [0, 0.1) is 0 Å². The summed E-state index contributed by atoms with van der Waals surface area (Å²) in [6.45, 7) is -1.02. The molecule has 0 aliphatic rings. The number of benzene rings is 1. The van der Waals surface area contributed by atoms with Crippen molar-refractivity contribution in [3.8, 4) is 0 Å². The van der Waals surface area contributed by atoms with Crippen molar-refractivity contribution in [1.29, 1.82) is 0 Å². The first-order chi connectivity index (χ1) is 8.57. The van der Waals surface area contributed by atoms with Crippen LogP contribution in [0.5, 0.6) is 0 Å². The molecule has 0 amide bonds. The van der Waals surface area contributed by atoms with Gasteiger partial charge in [0.2, 0.25) is 0 Å². The predicted molar refractivity (Wildman–Crippen MR) is 61.2 cm³/mol. The monoisotopic (exact) mass is 325 g/mol. The molecule has 0 bridgehead atoms. The first kappa shape index (κ1) is 19.0. The van der Waals surface area contributed by atoms with E-state index in [0.717, 1.165) is 0 Å². The summed E-state index contributed by atoms with van der Waals surface area (Å²) in [6.07, 6.45) is -10.1. The first-order valence-corrected chi connectivity index (χ1v) is 5.17. The summed E-state index contributed by atoms with van der Waals surface area (Å²) >= 11 is 0. The molecule has 1 atom stereocenters. The van der Waals surface area contributed by atoms with Gasteiger partial charge in [0.05, 0.1) is 17.8 Å². The lowest BCUT2D eigenvalue weighted by molar-refractivity contribution is -0.142. The first-order valence-electron chi connectivity index (χ1n) is 5.17. The van der Waals surface area contributed by atoms with Crippen molar-refractivity contribution in [2.45, 2.75) is 24.8 Å². The van der Waals surface area contributed by atoms with E-state index in [9.17, 15) is 30.7 Å². The fourth-order valence-electron chi connectivity index (χ4n) is 1.58. The van der Waals surface area contributed by atoms with Gasteiger partial charge in [-0.15, -0.1) is 12.4 Å². The summed E-state index contributed by atoms with van der Waals surface area (Å²) in [4.78, 5) is 0. The molecule has 0 aliphatic heterocycles. The summed E-state index contributed by atoms with van der Waals surface area (Å²) in [6, 6.07) is -0.475. The molecule has 0 heterocycles. The van der Waals surface area contributed by atoms with E-state index in [2.05, 4.69) is 0 Å². The van der Waals surface area contributed by atoms with Gasteiger partial charge >= 0.3 is 12.4 Å². The molecule has 9 heteroatoms. The molecule has 0 aromatic heterocycles. The van der Waals surface area contributed by atoms with E-state index >= 15 is 0 Å². The van der Waals surface area contributed by atoms with E-state index in [4.69, 9.17) is 5.73 Å². The van der Waals surface area contributed by atoms with Crippen LogP contribution in [0.2, 0.25) is 0 Å². The highest BCUT2D eigenvalue weighted by Crippen LogP contribution is 2.38. The SMILES string of the molecule is Cl.N[C@@H](CCF)c1cc(C(F)(F)F)ccc1C(F)(F)F. The molecule has 2 N–H and O–H groups in total. The molecule has 20 heavy (non-hydrogen) atoms. The van der Waals surface area contributed by atoms with Crippen LogP contribution in [0.3, 0.4) is 0 Å². The van der Waals surface area contributed by atoms with Crippen LogP contribution in [0.25, 0.3) is 0 Å². The van der Waals surface area contributed by atoms with Crippen LogP contribution in [-0.4, -0.2) is 6.67 Å². The van der Waals surface area contributed by atoms with Crippen molar-refractivity contribution in [3.05, 3.63) is 34.9 Å². The van der Waals surface area contributed by atoms with Gasteiger partial charge < -0.3 is 5.73 Å². The Kier molecular flexibility index (Phi) is 6.28. The average molecular weight is 326 g/mol. The van der Waals surface area contributed by atoms with E-state index in [1.807, 2.05) is 0 Å². The number of halogens is 8. The molecule has 0 saturated carbocycles. The van der Waals surface area contributed by atoms with Crippen molar-refractivity contribution < 1.29 is 30.7 Å². The highest BCUT2D eigenvalue weighted by Gasteiger charge is 2.37. The largest absolute Gasteiger partial charge is 0.416 e. The van der Waals surface area contributed by atoms with Crippen LogP contribution in [0.4, 0.5) is 30.7 Å². The minimum Gasteiger partial charge on any atom is -0.324 e. The zero-order valence-electron chi connectivity index (χ0n) is 9.85. The zero-order chi connectivity index (χ0) is 14.8. The fraction of sp³-hybridized carbons (Fsp3) is 0.455. The second-order valence-corrected chi connectivity index (χ2v) is 3.88. The molecule has 1 rings (SSSR count). The standard InChI is InChI=1S/C11H10F7N.ClH/c12-4-3-9(19)7-5-6(10(13,14)15)1-2-8(7)11(16,17)18;/h1-2,5,9H,3-4,19H2;1H/t9-;/m0./s1. The Bertz CT molecular complexity index is 441. The predicted octanol–water partition coefficient (Wildman–Crippen LogP) is 4.51. The maximum Gasteiger partial charge on any atom is 0.416 e. The number of hydrogen-bond donors (Lipinski definition) is 1. The molecule has 0 radical (unpaired) electrons. The molecular weight excluding hydrogens is 315 g/mol. The topological polar surface area (TPSA) is 26.0 Å². The van der Waals surface area contributed by atoms with Gasteiger partial charge in [0, 0.05) is 6.04 Å². The van der Waals surface area contributed by atoms with Gasteiger partial charge in [-0.25, -0.2) is 0 Å². The molecule has 1 aromatic rings. The highest BCUT2D eigenvalue weighted by atomic mass is 35.5.